The first-order valence-electron chi connectivity index (χ1n) is 5.86. The van der Waals surface area contributed by atoms with Gasteiger partial charge in [-0.1, -0.05) is 6.42 Å². The zero-order valence-corrected chi connectivity index (χ0v) is 10.0. The van der Waals surface area contributed by atoms with Crippen LogP contribution in [-0.4, -0.2) is 19.6 Å². The third kappa shape index (κ3) is 2.26. The zero-order chi connectivity index (χ0) is 12.3. The molecule has 0 aliphatic heterocycles. The van der Waals surface area contributed by atoms with E-state index in [1.165, 1.54) is 0 Å². The first-order chi connectivity index (χ1) is 8.20. The summed E-state index contributed by atoms with van der Waals surface area (Å²) < 4.78 is 5.06. The van der Waals surface area contributed by atoms with Gasteiger partial charge in [-0.15, -0.1) is 0 Å². The summed E-state index contributed by atoms with van der Waals surface area (Å²) in [5.41, 5.74) is 6.14. The number of nitrogens with two attached hydrogens (primary N) is 1. The fraction of sp³-hybridized carbons (Fsp3) is 0.462. The van der Waals surface area contributed by atoms with E-state index in [0.29, 0.717) is 6.54 Å². The van der Waals surface area contributed by atoms with Gasteiger partial charge in [0.1, 0.15) is 5.75 Å². The Balaban J connectivity index is 2.02. The minimum absolute atomic E-state index is 0.0383. The molecule has 0 heterocycles. The highest BCUT2D eigenvalue weighted by Crippen LogP contribution is 2.40. The smallest absolute Gasteiger partial charge is 0.231 e. The van der Waals surface area contributed by atoms with Gasteiger partial charge in [-0.3, -0.25) is 4.79 Å². The van der Waals surface area contributed by atoms with Gasteiger partial charge < -0.3 is 15.8 Å². The molecule has 0 bridgehead atoms. The monoisotopic (exact) mass is 234 g/mol. The van der Waals surface area contributed by atoms with Crippen LogP contribution in [0.2, 0.25) is 0 Å². The third-order valence-corrected chi connectivity index (χ3v) is 3.53. The first kappa shape index (κ1) is 11.9. The predicted molar refractivity (Wildman–Crippen MR) is 67.0 cm³/mol. The highest BCUT2D eigenvalue weighted by Gasteiger charge is 2.42. The molecule has 3 N–H and O–H groups in total. The molecule has 0 radical (unpaired) electrons. The fourth-order valence-corrected chi connectivity index (χ4v) is 2.07. The fourth-order valence-electron chi connectivity index (χ4n) is 2.07. The number of benzene rings is 1. The second kappa shape index (κ2) is 4.75. The van der Waals surface area contributed by atoms with Crippen LogP contribution in [0.25, 0.3) is 0 Å². The average molecular weight is 234 g/mol. The number of rotatable bonds is 4. The maximum Gasteiger partial charge on any atom is 0.231 e. The molecule has 1 saturated carbocycles. The molecule has 4 heteroatoms. The quantitative estimate of drug-likeness (QED) is 0.834. The Morgan fingerprint density at radius 2 is 2.06 bits per heavy atom. The SMILES string of the molecule is COc1ccc(NC(=O)C2(CN)CCC2)cc1. The van der Waals surface area contributed by atoms with Gasteiger partial charge in [-0.2, -0.15) is 0 Å². The summed E-state index contributed by atoms with van der Waals surface area (Å²) in [5.74, 6) is 0.816. The molecule has 0 unspecified atom stereocenters. The number of anilines is 1. The van der Waals surface area contributed by atoms with Gasteiger partial charge in [-0.25, -0.2) is 0 Å². The lowest BCUT2D eigenvalue weighted by molar-refractivity contribution is -0.129. The van der Waals surface area contributed by atoms with Crippen molar-refractivity contribution < 1.29 is 9.53 Å². The van der Waals surface area contributed by atoms with Gasteiger partial charge in [0.15, 0.2) is 0 Å². The van der Waals surface area contributed by atoms with Gasteiger partial charge >= 0.3 is 0 Å². The Morgan fingerprint density at radius 1 is 1.41 bits per heavy atom. The number of carbonyl (C=O) groups is 1. The van der Waals surface area contributed by atoms with E-state index >= 15 is 0 Å². The minimum atomic E-state index is -0.333. The van der Waals surface area contributed by atoms with Crippen LogP contribution in [0.15, 0.2) is 24.3 Å². The number of carbonyl (C=O) groups excluding carboxylic acids is 1. The largest absolute Gasteiger partial charge is 0.497 e. The minimum Gasteiger partial charge on any atom is -0.497 e. The molecule has 2 rings (SSSR count). The van der Waals surface area contributed by atoms with Crippen molar-refractivity contribution in [2.24, 2.45) is 11.1 Å². The highest BCUT2D eigenvalue weighted by molar-refractivity contribution is 5.96. The van der Waals surface area contributed by atoms with Crippen molar-refractivity contribution in [1.29, 1.82) is 0 Å². The van der Waals surface area contributed by atoms with Gasteiger partial charge in [0.25, 0.3) is 0 Å². The molecule has 1 aromatic carbocycles. The summed E-state index contributed by atoms with van der Waals surface area (Å²) >= 11 is 0. The Kier molecular flexibility index (Phi) is 3.33. The first-order valence-corrected chi connectivity index (χ1v) is 5.86. The Bertz CT molecular complexity index is 391. The zero-order valence-electron chi connectivity index (χ0n) is 10.0. The lowest BCUT2D eigenvalue weighted by Crippen LogP contribution is -2.47. The topological polar surface area (TPSA) is 64.3 Å². The number of ether oxygens (including phenoxy) is 1. The molecule has 4 nitrogen and oxygen atoms in total. The molecule has 0 atom stereocenters. The van der Waals surface area contributed by atoms with Gasteiger partial charge in [0.2, 0.25) is 5.91 Å². The van der Waals surface area contributed by atoms with Crippen molar-refractivity contribution in [2.45, 2.75) is 19.3 Å². The number of nitrogens with one attached hydrogen (secondary N) is 1. The lowest BCUT2D eigenvalue weighted by atomic mass is 9.68. The highest BCUT2D eigenvalue weighted by atomic mass is 16.5. The predicted octanol–water partition coefficient (Wildman–Crippen LogP) is 1.76. The van der Waals surface area contributed by atoms with E-state index in [1.807, 2.05) is 24.3 Å². The van der Waals surface area contributed by atoms with E-state index in [1.54, 1.807) is 7.11 Å². The van der Waals surface area contributed by atoms with Crippen molar-refractivity contribution in [3.05, 3.63) is 24.3 Å². The molecule has 0 spiro atoms. The van der Waals surface area contributed by atoms with E-state index in [0.717, 1.165) is 30.7 Å². The van der Waals surface area contributed by atoms with E-state index < -0.39 is 0 Å². The molecule has 17 heavy (non-hydrogen) atoms. The van der Waals surface area contributed by atoms with Crippen LogP contribution < -0.4 is 15.8 Å². The van der Waals surface area contributed by atoms with Crippen LogP contribution >= 0.6 is 0 Å². The molecule has 1 aliphatic rings. The molecule has 1 aliphatic carbocycles. The summed E-state index contributed by atoms with van der Waals surface area (Å²) in [4.78, 5) is 12.1. The Labute approximate surface area is 101 Å². The van der Waals surface area contributed by atoms with Crippen LogP contribution in [-0.2, 0) is 4.79 Å². The summed E-state index contributed by atoms with van der Waals surface area (Å²) in [6, 6.07) is 7.32. The number of methoxy groups -OCH3 is 1. The van der Waals surface area contributed by atoms with Crippen LogP contribution in [0.3, 0.4) is 0 Å². The maximum atomic E-state index is 12.1. The van der Waals surface area contributed by atoms with Crippen LogP contribution in [0.4, 0.5) is 5.69 Å². The van der Waals surface area contributed by atoms with Crippen molar-refractivity contribution in [3.8, 4) is 5.75 Å². The van der Waals surface area contributed by atoms with Crippen molar-refractivity contribution in [2.75, 3.05) is 19.0 Å². The summed E-state index contributed by atoms with van der Waals surface area (Å²) in [6.07, 6.45) is 2.88. The van der Waals surface area contributed by atoms with Gasteiger partial charge in [-0.05, 0) is 37.1 Å². The molecule has 1 amide bonds. The van der Waals surface area contributed by atoms with E-state index in [-0.39, 0.29) is 11.3 Å². The van der Waals surface area contributed by atoms with Crippen LogP contribution in [0.5, 0.6) is 5.75 Å². The molecule has 92 valence electrons. The van der Waals surface area contributed by atoms with Crippen LogP contribution in [0.1, 0.15) is 19.3 Å². The molecule has 1 aromatic rings. The normalized spacial score (nSPS) is 17.1. The second-order valence-electron chi connectivity index (χ2n) is 4.52. The molecular formula is C13H18N2O2. The third-order valence-electron chi connectivity index (χ3n) is 3.53. The Morgan fingerprint density at radius 3 is 2.47 bits per heavy atom. The summed E-state index contributed by atoms with van der Waals surface area (Å²) in [7, 11) is 1.62. The van der Waals surface area contributed by atoms with Crippen molar-refractivity contribution in [3.63, 3.8) is 0 Å². The van der Waals surface area contributed by atoms with Gasteiger partial charge in [0.05, 0.1) is 12.5 Å². The number of hydrogen-bond acceptors (Lipinski definition) is 3. The van der Waals surface area contributed by atoms with Gasteiger partial charge in [0, 0.05) is 12.2 Å². The molecule has 0 saturated heterocycles. The van der Waals surface area contributed by atoms with Crippen molar-refractivity contribution >= 4 is 11.6 Å². The second-order valence-corrected chi connectivity index (χ2v) is 4.52. The standard InChI is InChI=1S/C13H18N2O2/c1-17-11-5-3-10(4-6-11)15-12(16)13(9-14)7-2-8-13/h3-6H,2,7-9,14H2,1H3,(H,15,16). The molecule has 0 aromatic heterocycles. The Hall–Kier alpha value is -1.55. The average Bonchev–Trinajstić information content (AvgIpc) is 2.29. The van der Waals surface area contributed by atoms with E-state index in [9.17, 15) is 4.79 Å². The van der Waals surface area contributed by atoms with E-state index in [4.69, 9.17) is 10.5 Å². The number of hydrogen-bond donors (Lipinski definition) is 2. The lowest BCUT2D eigenvalue weighted by Gasteiger charge is -2.39. The molecule has 1 fully saturated rings. The van der Waals surface area contributed by atoms with Crippen molar-refractivity contribution in [1.82, 2.24) is 0 Å². The molecular weight excluding hydrogens is 216 g/mol. The summed E-state index contributed by atoms with van der Waals surface area (Å²) in [6.45, 7) is 0.426. The number of amides is 1. The summed E-state index contributed by atoms with van der Waals surface area (Å²) in [5, 5.41) is 2.91. The van der Waals surface area contributed by atoms with Crippen LogP contribution in [0, 0.1) is 5.41 Å². The van der Waals surface area contributed by atoms with E-state index in [2.05, 4.69) is 5.32 Å². The maximum absolute atomic E-state index is 12.1.